The number of aliphatic hydroxyl groups excluding tert-OH is 1. The molecule has 0 heterocycles. The average Bonchev–Trinajstić information content (AvgIpc) is 2.87. The van der Waals surface area contributed by atoms with Crippen LogP contribution in [0.4, 0.5) is 18.9 Å². The lowest BCUT2D eigenvalue weighted by molar-refractivity contribution is -0.137. The molecule has 0 aliphatic heterocycles. The van der Waals surface area contributed by atoms with Gasteiger partial charge in [-0.05, 0) is 55.8 Å². The van der Waals surface area contributed by atoms with Crippen molar-refractivity contribution in [2.75, 3.05) is 5.32 Å². The van der Waals surface area contributed by atoms with Gasteiger partial charge in [0, 0.05) is 29.5 Å². The Kier molecular flexibility index (Phi) is 9.51. The second-order valence-electron chi connectivity index (χ2n) is 8.58. The summed E-state index contributed by atoms with van der Waals surface area (Å²) in [5, 5.41) is 13.4. The lowest BCUT2D eigenvalue weighted by Gasteiger charge is -2.18. The molecule has 0 aromatic heterocycles. The van der Waals surface area contributed by atoms with Gasteiger partial charge in [0.15, 0.2) is 6.23 Å². The van der Waals surface area contributed by atoms with Crippen molar-refractivity contribution in [3.63, 3.8) is 0 Å². The van der Waals surface area contributed by atoms with Gasteiger partial charge in [0.2, 0.25) is 5.91 Å². The Balaban J connectivity index is 1.70. The Morgan fingerprint density at radius 3 is 2.26 bits per heavy atom. The second-order valence-corrected chi connectivity index (χ2v) is 10.2. The number of alkyl halides is 3. The van der Waals surface area contributed by atoms with Gasteiger partial charge in [-0.2, -0.15) is 13.2 Å². The third kappa shape index (κ3) is 8.70. The van der Waals surface area contributed by atoms with Crippen molar-refractivity contribution in [1.82, 2.24) is 4.72 Å². The van der Waals surface area contributed by atoms with Crippen molar-refractivity contribution in [3.05, 3.63) is 95.1 Å². The van der Waals surface area contributed by atoms with Crippen LogP contribution >= 0.6 is 0 Å². The van der Waals surface area contributed by atoms with E-state index in [4.69, 9.17) is 0 Å². The first-order valence-corrected chi connectivity index (χ1v) is 13.2. The highest BCUT2D eigenvalue weighted by atomic mass is 32.2. The molecule has 0 aliphatic rings. The number of anilines is 1. The molecular weight excluding hydrogens is 533 g/mol. The van der Waals surface area contributed by atoms with E-state index >= 15 is 0 Å². The van der Waals surface area contributed by atoms with Gasteiger partial charge in [0.25, 0.3) is 10.0 Å². The first-order valence-electron chi connectivity index (χ1n) is 11.7. The lowest BCUT2D eigenvalue weighted by atomic mass is 10.1. The van der Waals surface area contributed by atoms with Crippen molar-refractivity contribution < 1.29 is 36.3 Å². The number of carbonyl (C=O) groups excluding carboxylic acids is 2. The van der Waals surface area contributed by atoms with Crippen molar-refractivity contribution in [2.24, 2.45) is 0 Å². The number of sulfonamides is 1. The Hall–Kier alpha value is -4.14. The molecule has 3 aromatic carbocycles. The maximum Gasteiger partial charge on any atom is 0.416 e. The summed E-state index contributed by atoms with van der Waals surface area (Å²) < 4.78 is 66.2. The van der Waals surface area contributed by atoms with Crippen LogP contribution in [0, 0.1) is 11.8 Å². The zero-order valence-corrected chi connectivity index (χ0v) is 21.6. The highest BCUT2D eigenvalue weighted by Crippen LogP contribution is 2.29. The molecule has 1 atom stereocenters. The summed E-state index contributed by atoms with van der Waals surface area (Å²) in [6.45, 7) is 1.38. The molecule has 11 heteroatoms. The number of rotatable bonds is 9. The number of ketones is 1. The largest absolute Gasteiger partial charge is 0.416 e. The monoisotopic (exact) mass is 558 g/mol. The zero-order chi connectivity index (χ0) is 28.6. The minimum atomic E-state index is -4.47. The van der Waals surface area contributed by atoms with Crippen LogP contribution in [0.3, 0.4) is 0 Å². The molecule has 0 spiro atoms. The van der Waals surface area contributed by atoms with E-state index in [1.54, 1.807) is 18.2 Å². The normalized spacial score (nSPS) is 12.1. The number of Topliss-reactive ketones (excluding diaryl/α,β-unsaturated/α-hetero) is 1. The van der Waals surface area contributed by atoms with Crippen LogP contribution in [0.25, 0.3) is 0 Å². The molecule has 7 nitrogen and oxygen atoms in total. The summed E-state index contributed by atoms with van der Waals surface area (Å²) >= 11 is 0. The van der Waals surface area contributed by atoms with E-state index < -0.39 is 33.9 Å². The van der Waals surface area contributed by atoms with E-state index in [0.29, 0.717) is 11.1 Å². The summed E-state index contributed by atoms with van der Waals surface area (Å²) in [5.74, 6) is 4.58. The Morgan fingerprint density at radius 2 is 1.59 bits per heavy atom. The zero-order valence-electron chi connectivity index (χ0n) is 20.7. The Labute approximate surface area is 224 Å². The first-order chi connectivity index (χ1) is 18.3. The van der Waals surface area contributed by atoms with Gasteiger partial charge < -0.3 is 15.2 Å². The van der Waals surface area contributed by atoms with Crippen LogP contribution < -0.4 is 10.0 Å². The smallest absolute Gasteiger partial charge is 0.369 e. The minimum Gasteiger partial charge on any atom is -0.369 e. The van der Waals surface area contributed by atoms with E-state index in [1.807, 2.05) is 4.72 Å². The third-order valence-electron chi connectivity index (χ3n) is 5.42. The highest BCUT2D eigenvalue weighted by Gasteiger charge is 2.30. The van der Waals surface area contributed by atoms with Crippen LogP contribution in [-0.4, -0.2) is 25.2 Å². The molecule has 0 radical (unpaired) electrons. The van der Waals surface area contributed by atoms with Gasteiger partial charge in [-0.1, -0.05) is 42.2 Å². The number of aliphatic hydroxyl groups is 1. The topological polar surface area (TPSA) is 113 Å². The molecule has 1 unspecified atom stereocenters. The quantitative estimate of drug-likeness (QED) is 0.258. The molecule has 0 bridgehead atoms. The summed E-state index contributed by atoms with van der Waals surface area (Å²) in [6.07, 6.45) is -5.57. The van der Waals surface area contributed by atoms with Gasteiger partial charge in [-0.25, -0.2) is 13.1 Å². The van der Waals surface area contributed by atoms with Gasteiger partial charge in [-0.15, -0.1) is 0 Å². The SMILES string of the molecule is CC(=O)CCCC(=O)NS(=O)(=O)c1ccccc1NC(O)c1ccc(C#Cc2cccc(C(F)(F)F)c2)cc1. The van der Waals surface area contributed by atoms with E-state index in [0.717, 1.165) is 12.1 Å². The molecule has 0 fully saturated rings. The van der Waals surface area contributed by atoms with Crippen molar-refractivity contribution in [2.45, 2.75) is 43.5 Å². The van der Waals surface area contributed by atoms with Crippen LogP contribution in [-0.2, 0) is 25.8 Å². The van der Waals surface area contributed by atoms with Gasteiger partial charge >= 0.3 is 6.18 Å². The van der Waals surface area contributed by atoms with Crippen LogP contribution in [0.5, 0.6) is 0 Å². The average molecular weight is 559 g/mol. The standard InChI is InChI=1S/C28H25F3N2O5S/c1-19(34)6-4-11-26(35)33-39(37,38)25-10-3-2-9-24(25)32-27(36)22-16-14-20(15-17-22)12-13-21-7-5-8-23(18-21)28(29,30)31/h2-3,5,7-10,14-18,27,32,36H,4,6,11H2,1H3,(H,33,35). The molecule has 0 saturated heterocycles. The fourth-order valence-corrected chi connectivity index (χ4v) is 4.66. The van der Waals surface area contributed by atoms with Gasteiger partial charge in [0.05, 0.1) is 11.3 Å². The van der Waals surface area contributed by atoms with E-state index in [2.05, 4.69) is 17.2 Å². The molecule has 0 saturated carbocycles. The fraction of sp³-hybridized carbons (Fsp3) is 0.214. The molecule has 1 amide bonds. The minimum absolute atomic E-state index is 0.0439. The predicted octanol–water partition coefficient (Wildman–Crippen LogP) is 4.77. The Morgan fingerprint density at radius 1 is 0.923 bits per heavy atom. The summed E-state index contributed by atoms with van der Waals surface area (Å²) in [5.41, 5.74) is 0.286. The summed E-state index contributed by atoms with van der Waals surface area (Å²) in [7, 11) is -4.27. The maximum atomic E-state index is 12.9. The number of para-hydroxylation sites is 1. The number of halogens is 3. The maximum absolute atomic E-state index is 12.9. The molecule has 3 N–H and O–H groups in total. The number of amides is 1. The number of hydrogen-bond donors (Lipinski definition) is 3. The Bertz CT molecular complexity index is 1510. The second kappa shape index (κ2) is 12.6. The van der Waals surface area contributed by atoms with E-state index in [-0.39, 0.29) is 41.2 Å². The van der Waals surface area contributed by atoms with Crippen LogP contribution in [0.2, 0.25) is 0 Å². The highest BCUT2D eigenvalue weighted by molar-refractivity contribution is 7.90. The van der Waals surface area contributed by atoms with Gasteiger partial charge in [0.1, 0.15) is 10.7 Å². The molecule has 0 aliphatic carbocycles. The molecule has 3 aromatic rings. The summed E-state index contributed by atoms with van der Waals surface area (Å²) in [6, 6.07) is 16.5. The molecule has 3 rings (SSSR count). The van der Waals surface area contributed by atoms with Crippen molar-refractivity contribution in [3.8, 4) is 11.8 Å². The predicted molar refractivity (Wildman–Crippen MR) is 139 cm³/mol. The fourth-order valence-electron chi connectivity index (χ4n) is 3.47. The van der Waals surface area contributed by atoms with E-state index in [9.17, 15) is 36.3 Å². The van der Waals surface area contributed by atoms with E-state index in [1.165, 1.54) is 49.4 Å². The molecular formula is C28H25F3N2O5S. The van der Waals surface area contributed by atoms with Crippen molar-refractivity contribution >= 4 is 27.4 Å². The molecule has 39 heavy (non-hydrogen) atoms. The number of nitrogens with one attached hydrogen (secondary N) is 2. The number of benzene rings is 3. The number of hydrogen-bond acceptors (Lipinski definition) is 6. The summed E-state index contributed by atoms with van der Waals surface area (Å²) in [4.78, 5) is 22.8. The van der Waals surface area contributed by atoms with Crippen LogP contribution in [0.15, 0.2) is 77.7 Å². The first kappa shape index (κ1) is 29.4. The molecule has 204 valence electrons. The van der Waals surface area contributed by atoms with Gasteiger partial charge in [-0.3, -0.25) is 4.79 Å². The van der Waals surface area contributed by atoms with Crippen LogP contribution in [0.1, 0.15) is 54.7 Å². The number of carbonyl (C=O) groups is 2. The van der Waals surface area contributed by atoms with Crippen molar-refractivity contribution in [1.29, 1.82) is 0 Å². The lowest BCUT2D eigenvalue weighted by Crippen LogP contribution is -2.31. The third-order valence-corrected chi connectivity index (χ3v) is 6.85.